The van der Waals surface area contributed by atoms with Crippen molar-refractivity contribution >= 4 is 12.1 Å². The number of likely N-dealkylation sites (tertiary alicyclic amines) is 1. The molecule has 0 radical (unpaired) electrons. The highest BCUT2D eigenvalue weighted by atomic mass is 16.7. The second kappa shape index (κ2) is 11.8. The van der Waals surface area contributed by atoms with E-state index in [0.717, 1.165) is 43.4 Å². The van der Waals surface area contributed by atoms with E-state index < -0.39 is 0 Å². The molecule has 1 saturated heterocycles. The molecule has 5 rings (SSSR count). The largest absolute Gasteiger partial charge is 0.457 e. The van der Waals surface area contributed by atoms with E-state index in [1.54, 1.807) is 0 Å². The van der Waals surface area contributed by atoms with E-state index in [1.165, 1.54) is 24.0 Å². The van der Waals surface area contributed by atoms with Crippen molar-refractivity contribution in [1.29, 1.82) is 0 Å². The van der Waals surface area contributed by atoms with E-state index in [9.17, 15) is 9.59 Å². The summed E-state index contributed by atoms with van der Waals surface area (Å²) in [6, 6.07) is 16.3. The molecule has 1 heterocycles. The topological polar surface area (TPSA) is 65.1 Å². The number of carbonyl (C=O) groups is 2. The van der Waals surface area contributed by atoms with E-state index in [0.29, 0.717) is 25.5 Å². The third-order valence-electron chi connectivity index (χ3n) is 9.17. The molecule has 0 aromatic heterocycles. The number of carbonyl (C=O) groups excluding carboxylic acids is 2. The van der Waals surface area contributed by atoms with Crippen LogP contribution in [-0.2, 0) is 32.7 Å². The van der Waals surface area contributed by atoms with Crippen LogP contribution in [-0.4, -0.2) is 36.3 Å². The van der Waals surface area contributed by atoms with Crippen molar-refractivity contribution in [2.24, 2.45) is 17.3 Å². The Bertz CT molecular complexity index is 1190. The molecule has 216 valence electrons. The zero-order valence-electron chi connectivity index (χ0n) is 24.6. The van der Waals surface area contributed by atoms with Gasteiger partial charge in [0.1, 0.15) is 12.4 Å². The lowest BCUT2D eigenvalue weighted by Crippen LogP contribution is -2.62. The number of fused-ring (bicyclic) bond motifs is 1. The molecule has 2 fully saturated rings. The van der Waals surface area contributed by atoms with Crippen LogP contribution >= 0.6 is 0 Å². The minimum absolute atomic E-state index is 0.0607. The van der Waals surface area contributed by atoms with Gasteiger partial charge in [0.2, 0.25) is 6.79 Å². The molecular weight excluding hydrogens is 502 g/mol. The van der Waals surface area contributed by atoms with Crippen molar-refractivity contribution in [3.8, 4) is 5.75 Å². The summed E-state index contributed by atoms with van der Waals surface area (Å²) >= 11 is 0. The Hall–Kier alpha value is -3.02. The first-order valence-corrected chi connectivity index (χ1v) is 15.0. The van der Waals surface area contributed by atoms with Gasteiger partial charge in [0.05, 0.1) is 0 Å². The maximum atomic E-state index is 13.3. The Morgan fingerprint density at radius 2 is 1.85 bits per heavy atom. The molecule has 1 saturated carbocycles. The van der Waals surface area contributed by atoms with Crippen molar-refractivity contribution < 1.29 is 23.8 Å². The summed E-state index contributed by atoms with van der Waals surface area (Å²) in [5.41, 5.74) is 3.92. The lowest BCUT2D eigenvalue weighted by atomic mass is 9.52. The van der Waals surface area contributed by atoms with Crippen LogP contribution in [0.4, 0.5) is 4.79 Å². The van der Waals surface area contributed by atoms with Crippen molar-refractivity contribution in [3.05, 3.63) is 65.2 Å². The molecule has 40 heavy (non-hydrogen) atoms. The molecule has 1 amide bonds. The van der Waals surface area contributed by atoms with E-state index in [-0.39, 0.29) is 41.6 Å². The number of rotatable bonds is 8. The van der Waals surface area contributed by atoms with Gasteiger partial charge in [-0.2, -0.15) is 0 Å². The maximum Gasteiger partial charge on any atom is 0.410 e. The maximum absolute atomic E-state index is 13.3. The van der Waals surface area contributed by atoms with Crippen molar-refractivity contribution in [1.82, 2.24) is 4.90 Å². The van der Waals surface area contributed by atoms with Crippen molar-refractivity contribution in [2.45, 2.75) is 97.1 Å². The highest BCUT2D eigenvalue weighted by molar-refractivity contribution is 5.70. The van der Waals surface area contributed by atoms with Crippen LogP contribution in [0.2, 0.25) is 0 Å². The number of benzene rings is 2. The monoisotopic (exact) mass is 547 g/mol. The molecule has 1 unspecified atom stereocenters. The minimum atomic E-state index is -0.213. The van der Waals surface area contributed by atoms with Crippen LogP contribution in [0.5, 0.6) is 5.75 Å². The predicted molar refractivity (Wildman–Crippen MR) is 155 cm³/mol. The molecule has 6 heteroatoms. The van der Waals surface area contributed by atoms with Gasteiger partial charge in [-0.05, 0) is 78.2 Å². The van der Waals surface area contributed by atoms with E-state index in [4.69, 9.17) is 14.2 Å². The second-order valence-corrected chi connectivity index (χ2v) is 13.4. The number of ether oxygens (including phenoxy) is 3. The van der Waals surface area contributed by atoms with Crippen molar-refractivity contribution in [3.63, 3.8) is 0 Å². The standard InChI is InChI=1S/C34H45NO5/c1-24(21-33(2,3)4)18-31(36)40-23-39-27-14-13-26-19-30-28-12-8-9-15-34(28,29(26)20-27)16-17-35(30)32(37)38-22-25-10-6-5-7-11-25/h5-7,10-11,13-14,20,24,28,30H,8-9,12,15-19,21-23H2,1-4H3/t24?,28-,30-,34+/m1/s1. The Balaban J connectivity index is 1.24. The summed E-state index contributed by atoms with van der Waals surface area (Å²) in [5, 5.41) is 0. The normalized spacial score (nSPS) is 24.4. The molecule has 4 atom stereocenters. The first kappa shape index (κ1) is 28.5. The zero-order valence-corrected chi connectivity index (χ0v) is 24.6. The number of esters is 1. The molecule has 2 aromatic carbocycles. The highest BCUT2D eigenvalue weighted by Gasteiger charge is 2.55. The molecule has 6 nitrogen and oxygen atoms in total. The zero-order chi connectivity index (χ0) is 28.3. The first-order chi connectivity index (χ1) is 19.1. The average molecular weight is 548 g/mol. The third-order valence-corrected chi connectivity index (χ3v) is 9.17. The third kappa shape index (κ3) is 6.31. The number of hydrogen-bond acceptors (Lipinski definition) is 5. The average Bonchev–Trinajstić information content (AvgIpc) is 2.91. The minimum Gasteiger partial charge on any atom is -0.457 e. The quantitative estimate of drug-likeness (QED) is 0.254. The first-order valence-electron chi connectivity index (χ1n) is 15.0. The molecule has 0 spiro atoms. The SMILES string of the molecule is CC(CC(=O)OCOc1ccc2c(c1)[C@]13CCCC[C@@H]1[C@@H](C2)N(C(=O)OCc1ccccc1)CC3)CC(C)(C)C. The van der Waals surface area contributed by atoms with Gasteiger partial charge in [-0.1, -0.05) is 76.9 Å². The van der Waals surface area contributed by atoms with E-state index in [2.05, 4.69) is 39.8 Å². The summed E-state index contributed by atoms with van der Waals surface area (Å²) in [6.45, 7) is 9.61. The summed E-state index contributed by atoms with van der Waals surface area (Å²) in [4.78, 5) is 27.6. The number of nitrogens with zero attached hydrogens (tertiary/aromatic N) is 1. The Kier molecular flexibility index (Phi) is 8.44. The molecule has 3 aliphatic rings. The van der Waals surface area contributed by atoms with Gasteiger partial charge in [-0.3, -0.25) is 4.79 Å². The number of hydrogen-bond donors (Lipinski definition) is 0. The second-order valence-electron chi connectivity index (χ2n) is 13.4. The van der Waals surface area contributed by atoms with Gasteiger partial charge in [0, 0.05) is 24.4 Å². The summed E-state index contributed by atoms with van der Waals surface area (Å²) in [6.07, 6.45) is 7.62. The Labute approximate surface area is 239 Å². The van der Waals surface area contributed by atoms with Crippen LogP contribution < -0.4 is 4.74 Å². The molecule has 2 aliphatic carbocycles. The fourth-order valence-electron chi connectivity index (χ4n) is 7.73. The fraction of sp³-hybridized carbons (Fsp3) is 0.588. The Morgan fingerprint density at radius 3 is 2.62 bits per heavy atom. The summed E-state index contributed by atoms with van der Waals surface area (Å²) in [5.74, 6) is 1.23. The van der Waals surface area contributed by atoms with Crippen molar-refractivity contribution in [2.75, 3.05) is 13.3 Å². The summed E-state index contributed by atoms with van der Waals surface area (Å²) in [7, 11) is 0. The van der Waals surface area contributed by atoms with Crippen LogP contribution in [0.1, 0.15) is 89.3 Å². The van der Waals surface area contributed by atoms with Crippen LogP contribution in [0.15, 0.2) is 48.5 Å². The van der Waals surface area contributed by atoms with Gasteiger partial charge in [0.25, 0.3) is 0 Å². The lowest BCUT2D eigenvalue weighted by molar-refractivity contribution is -0.151. The van der Waals surface area contributed by atoms with Crippen LogP contribution in [0.3, 0.4) is 0 Å². The predicted octanol–water partition coefficient (Wildman–Crippen LogP) is 7.42. The molecule has 0 N–H and O–H groups in total. The highest BCUT2D eigenvalue weighted by Crippen LogP contribution is 2.56. The summed E-state index contributed by atoms with van der Waals surface area (Å²) < 4.78 is 17.2. The fourth-order valence-corrected chi connectivity index (χ4v) is 7.73. The number of piperidine rings is 1. The number of amides is 1. The van der Waals surface area contributed by atoms with Gasteiger partial charge in [0.15, 0.2) is 0 Å². The van der Waals surface area contributed by atoms with Crippen LogP contribution in [0.25, 0.3) is 0 Å². The van der Waals surface area contributed by atoms with Gasteiger partial charge in [-0.25, -0.2) is 4.79 Å². The van der Waals surface area contributed by atoms with Crippen LogP contribution in [0, 0.1) is 17.3 Å². The van der Waals surface area contributed by atoms with E-state index >= 15 is 0 Å². The van der Waals surface area contributed by atoms with Gasteiger partial charge >= 0.3 is 12.1 Å². The smallest absolute Gasteiger partial charge is 0.410 e. The van der Waals surface area contributed by atoms with Gasteiger partial charge in [-0.15, -0.1) is 0 Å². The molecule has 2 bridgehead atoms. The lowest BCUT2D eigenvalue weighted by Gasteiger charge is -2.58. The molecular formula is C34H45NO5. The molecule has 1 aliphatic heterocycles. The molecule has 2 aromatic rings. The Morgan fingerprint density at radius 1 is 1.05 bits per heavy atom. The van der Waals surface area contributed by atoms with E-state index in [1.807, 2.05) is 41.3 Å². The van der Waals surface area contributed by atoms with Gasteiger partial charge < -0.3 is 19.1 Å².